The van der Waals surface area contributed by atoms with Crippen molar-refractivity contribution < 1.29 is 41.2 Å². The zero-order valence-electron chi connectivity index (χ0n) is 21.4. The van der Waals surface area contributed by atoms with Gasteiger partial charge in [-0.15, -0.1) is 11.3 Å². The average molecular weight is 542 g/mol. The zero-order chi connectivity index (χ0) is 27.6. The number of hydrogen-bond acceptors (Lipinski definition) is 6. The summed E-state index contributed by atoms with van der Waals surface area (Å²) in [7, 11) is 5.31. The monoisotopic (exact) mass is 541 g/mol. The predicted octanol–water partition coefficient (Wildman–Crippen LogP) is 4.69. The van der Waals surface area contributed by atoms with Gasteiger partial charge in [-0.25, -0.2) is 4.79 Å². The van der Waals surface area contributed by atoms with E-state index in [1.807, 2.05) is 6.07 Å². The Bertz CT molecular complexity index is 1140. The lowest BCUT2D eigenvalue weighted by Crippen LogP contribution is -2.50. The number of nitrogens with one attached hydrogen (secondary N) is 1. The summed E-state index contributed by atoms with van der Waals surface area (Å²) >= 11 is 1.61. The SMILES string of the molecule is CCCCCCc1ccc(C#Cc2ccc(C(=O)N[C@H](CC(=O)OC(=O)C(F)(F)F)C[N+](C)(C)C)o2)s1. The third kappa shape index (κ3) is 11.2. The number of carbonyl (C=O) groups excluding carboxylic acids is 3. The summed E-state index contributed by atoms with van der Waals surface area (Å²) in [5.74, 6) is 1.42. The largest absolute Gasteiger partial charge is 0.491 e. The lowest BCUT2D eigenvalue weighted by molar-refractivity contribution is -0.871. The molecule has 2 aromatic heterocycles. The summed E-state index contributed by atoms with van der Waals surface area (Å²) in [5, 5.41) is 2.56. The molecule has 0 fully saturated rings. The molecule has 0 saturated heterocycles. The van der Waals surface area contributed by atoms with Crippen LogP contribution in [0, 0.1) is 11.8 Å². The Morgan fingerprint density at radius 3 is 2.46 bits per heavy atom. The molecule has 0 aliphatic carbocycles. The first-order chi connectivity index (χ1) is 17.3. The Hall–Kier alpha value is -3.10. The predicted molar refractivity (Wildman–Crippen MR) is 133 cm³/mol. The Balaban J connectivity index is 2.00. The molecule has 0 aliphatic heterocycles. The van der Waals surface area contributed by atoms with E-state index in [1.165, 1.54) is 36.3 Å². The molecule has 11 heteroatoms. The smallest absolute Gasteiger partial charge is 0.443 e. The van der Waals surface area contributed by atoms with Gasteiger partial charge in [-0.1, -0.05) is 26.2 Å². The number of amides is 1. The fraction of sp³-hybridized carbons (Fsp3) is 0.500. The Kier molecular flexibility index (Phi) is 10.9. The molecule has 7 nitrogen and oxygen atoms in total. The van der Waals surface area contributed by atoms with Crippen LogP contribution in [0.15, 0.2) is 28.7 Å². The van der Waals surface area contributed by atoms with Crippen LogP contribution in [0.25, 0.3) is 0 Å². The van der Waals surface area contributed by atoms with Crippen molar-refractivity contribution in [2.45, 2.75) is 57.7 Å². The Morgan fingerprint density at radius 1 is 1.08 bits per heavy atom. The first kappa shape index (κ1) is 30.1. The first-order valence-corrected chi connectivity index (χ1v) is 12.7. The van der Waals surface area contributed by atoms with Crippen molar-refractivity contribution in [3.63, 3.8) is 0 Å². The number of ether oxygens (including phenoxy) is 1. The minimum atomic E-state index is -5.29. The van der Waals surface area contributed by atoms with Gasteiger partial charge in [0.2, 0.25) is 0 Å². The maximum Gasteiger partial charge on any atom is 0.491 e. The third-order valence-electron chi connectivity index (χ3n) is 5.03. The van der Waals surface area contributed by atoms with Crippen LogP contribution >= 0.6 is 11.3 Å². The number of nitrogens with zero attached hydrogens (tertiary/aromatic N) is 1. The molecule has 0 aromatic carbocycles. The number of rotatable bonds is 11. The zero-order valence-corrected chi connectivity index (χ0v) is 22.2. The van der Waals surface area contributed by atoms with Crippen LogP contribution in [0.4, 0.5) is 13.2 Å². The van der Waals surface area contributed by atoms with Crippen molar-refractivity contribution in [3.05, 3.63) is 45.5 Å². The Morgan fingerprint density at radius 2 is 1.81 bits per heavy atom. The topological polar surface area (TPSA) is 85.6 Å². The van der Waals surface area contributed by atoms with Crippen LogP contribution in [0.3, 0.4) is 0 Å². The van der Waals surface area contributed by atoms with Gasteiger partial charge in [-0.05, 0) is 48.9 Å². The summed E-state index contributed by atoms with van der Waals surface area (Å²) in [6.45, 7) is 2.35. The van der Waals surface area contributed by atoms with Crippen LogP contribution in [-0.4, -0.2) is 62.2 Å². The fourth-order valence-corrected chi connectivity index (χ4v) is 4.34. The number of carbonyl (C=O) groups is 3. The van der Waals surface area contributed by atoms with E-state index in [0.717, 1.165) is 17.7 Å². The van der Waals surface area contributed by atoms with Crippen LogP contribution in [0.1, 0.15) is 65.1 Å². The van der Waals surface area contributed by atoms with Gasteiger partial charge in [-0.3, -0.25) is 9.59 Å². The van der Waals surface area contributed by atoms with Gasteiger partial charge in [0.25, 0.3) is 5.91 Å². The van der Waals surface area contributed by atoms with E-state index in [2.05, 4.69) is 34.9 Å². The minimum absolute atomic E-state index is 0.0711. The van der Waals surface area contributed by atoms with E-state index in [4.69, 9.17) is 4.42 Å². The first-order valence-electron chi connectivity index (χ1n) is 11.9. The van der Waals surface area contributed by atoms with Gasteiger partial charge in [-0.2, -0.15) is 13.2 Å². The molecular formula is C26H32F3N2O5S+. The molecule has 1 atom stereocenters. The van der Waals surface area contributed by atoms with Gasteiger partial charge < -0.3 is 19.0 Å². The van der Waals surface area contributed by atoms with Crippen molar-refractivity contribution in [1.82, 2.24) is 5.32 Å². The van der Waals surface area contributed by atoms with Gasteiger partial charge in [0.15, 0.2) is 11.5 Å². The van der Waals surface area contributed by atoms with Crippen LogP contribution in [-0.2, 0) is 20.7 Å². The lowest BCUT2D eigenvalue weighted by Gasteiger charge is -2.29. The molecule has 0 bridgehead atoms. The molecule has 0 radical (unpaired) electrons. The number of furan rings is 1. The summed E-state index contributed by atoms with van der Waals surface area (Å²) in [6, 6.07) is 6.04. The quantitative estimate of drug-likeness (QED) is 0.147. The second-order valence-corrected chi connectivity index (χ2v) is 10.8. The number of hydrogen-bond donors (Lipinski definition) is 1. The molecule has 202 valence electrons. The summed E-state index contributed by atoms with van der Waals surface area (Å²) < 4.78 is 46.8. The number of thiophene rings is 1. The van der Waals surface area contributed by atoms with Crippen molar-refractivity contribution in [1.29, 1.82) is 0 Å². The summed E-state index contributed by atoms with van der Waals surface area (Å²) in [4.78, 5) is 37.6. The number of alkyl halides is 3. The molecule has 37 heavy (non-hydrogen) atoms. The normalized spacial score (nSPS) is 12.4. The van der Waals surface area contributed by atoms with E-state index >= 15 is 0 Å². The highest BCUT2D eigenvalue weighted by Crippen LogP contribution is 2.19. The highest BCUT2D eigenvalue weighted by Gasteiger charge is 2.42. The summed E-state index contributed by atoms with van der Waals surface area (Å²) in [5.41, 5.74) is 0. The number of likely N-dealkylation sites (N-methyl/N-ethyl adjacent to an activating group) is 1. The number of unbranched alkanes of at least 4 members (excludes halogenated alkanes) is 3. The van der Waals surface area contributed by atoms with Crippen molar-refractivity contribution in [2.75, 3.05) is 27.7 Å². The molecule has 2 rings (SSSR count). The number of esters is 2. The van der Waals surface area contributed by atoms with E-state index in [-0.39, 0.29) is 22.5 Å². The second kappa shape index (κ2) is 13.4. The van der Waals surface area contributed by atoms with Gasteiger partial charge in [0.05, 0.1) is 45.0 Å². The van der Waals surface area contributed by atoms with Gasteiger partial charge >= 0.3 is 18.1 Å². The fourth-order valence-electron chi connectivity index (χ4n) is 3.44. The maximum absolute atomic E-state index is 12.7. The highest BCUT2D eigenvalue weighted by molar-refractivity contribution is 7.12. The molecule has 2 aromatic rings. The standard InChI is InChI=1S/C26H31F3N2O5S/c1-5-6-7-8-9-20-13-14-21(37-20)12-10-19-11-15-22(35-19)24(33)30-18(17-31(2,3)4)16-23(32)36-25(34)26(27,28)29/h11,13-15,18H,5-9,16-17H2,1-4H3/p+1/t18-/m1/s1. The summed E-state index contributed by atoms with van der Waals surface area (Å²) in [6.07, 6.45) is -0.141. The van der Waals surface area contributed by atoms with E-state index in [0.29, 0.717) is 0 Å². The number of aryl methyl sites for hydroxylation is 1. The van der Waals surface area contributed by atoms with Crippen molar-refractivity contribution in [2.24, 2.45) is 0 Å². The molecule has 1 N–H and O–H groups in total. The Labute approximate surface area is 218 Å². The molecule has 0 spiro atoms. The van der Waals surface area contributed by atoms with Gasteiger partial charge in [0, 0.05) is 4.88 Å². The minimum Gasteiger partial charge on any atom is -0.443 e. The molecule has 0 unspecified atom stereocenters. The molecule has 0 saturated carbocycles. The van der Waals surface area contributed by atoms with Crippen molar-refractivity contribution >= 4 is 29.2 Å². The molecule has 0 aliphatic rings. The maximum atomic E-state index is 12.7. The van der Waals surface area contributed by atoms with E-state index < -0.39 is 36.5 Å². The number of halogens is 3. The van der Waals surface area contributed by atoms with Crippen LogP contribution < -0.4 is 5.32 Å². The van der Waals surface area contributed by atoms with Crippen LogP contribution in [0.2, 0.25) is 0 Å². The molecule has 1 amide bonds. The average Bonchev–Trinajstić information content (AvgIpc) is 3.43. The third-order valence-corrected chi connectivity index (χ3v) is 6.09. The number of quaternary nitrogens is 1. The van der Waals surface area contributed by atoms with E-state index in [1.54, 1.807) is 32.5 Å². The van der Waals surface area contributed by atoms with E-state index in [9.17, 15) is 27.6 Å². The van der Waals surface area contributed by atoms with Gasteiger partial charge in [0.1, 0.15) is 0 Å². The highest BCUT2D eigenvalue weighted by atomic mass is 32.1. The van der Waals surface area contributed by atoms with Crippen LogP contribution in [0.5, 0.6) is 0 Å². The lowest BCUT2D eigenvalue weighted by atomic mass is 10.1. The van der Waals surface area contributed by atoms with Crippen molar-refractivity contribution in [3.8, 4) is 11.8 Å². The second-order valence-electron chi connectivity index (χ2n) is 9.60. The molecule has 2 heterocycles. The molecular weight excluding hydrogens is 509 g/mol.